The van der Waals surface area contributed by atoms with Crippen LogP contribution in [-0.4, -0.2) is 12.9 Å². The lowest BCUT2D eigenvalue weighted by molar-refractivity contribution is 0.0739. The predicted molar refractivity (Wildman–Crippen MR) is 105 cm³/mol. The van der Waals surface area contributed by atoms with E-state index >= 15 is 0 Å². The molecule has 3 aromatic rings. The minimum Gasteiger partial charge on any atom is -0.376 e. The van der Waals surface area contributed by atoms with E-state index in [2.05, 4.69) is 5.32 Å². The molecule has 0 saturated carbocycles. The maximum absolute atomic E-state index is 12.7. The van der Waals surface area contributed by atoms with Crippen molar-refractivity contribution in [2.75, 3.05) is 12.4 Å². The number of anilines is 2. The minimum absolute atomic E-state index is 0.0901. The van der Waals surface area contributed by atoms with Gasteiger partial charge in [0.05, 0.1) is 16.8 Å². The number of hydrogen-bond donors (Lipinski definition) is 1. The molecule has 0 heterocycles. The molecule has 0 radical (unpaired) electrons. The first-order valence-electron chi connectivity index (χ1n) is 8.48. The number of carbonyl (C=O) groups is 1. The van der Waals surface area contributed by atoms with Gasteiger partial charge in [0.2, 0.25) is 0 Å². The normalized spacial score (nSPS) is 15.8. The molecule has 3 nitrogen and oxygen atoms in total. The molecule has 1 N–H and O–H groups in total. The van der Waals surface area contributed by atoms with E-state index in [4.69, 9.17) is 16.3 Å². The van der Waals surface area contributed by atoms with Crippen molar-refractivity contribution >= 4 is 28.8 Å². The molecule has 0 fully saturated rings. The molecule has 0 bridgehead atoms. The third-order valence-corrected chi connectivity index (χ3v) is 5.06. The first kappa shape index (κ1) is 16.8. The zero-order chi connectivity index (χ0) is 18.1. The van der Waals surface area contributed by atoms with Gasteiger partial charge in [-0.2, -0.15) is 0 Å². The van der Waals surface area contributed by atoms with Gasteiger partial charge < -0.3 is 10.1 Å². The van der Waals surface area contributed by atoms with Crippen LogP contribution in [0.15, 0.2) is 66.7 Å². The summed E-state index contributed by atoms with van der Waals surface area (Å²) in [5.74, 6) is 0.0901. The molecule has 4 heteroatoms. The fourth-order valence-corrected chi connectivity index (χ4v) is 3.61. The maximum Gasteiger partial charge on any atom is 0.166 e. The molecule has 1 unspecified atom stereocenters. The quantitative estimate of drug-likeness (QED) is 0.617. The molecule has 26 heavy (non-hydrogen) atoms. The van der Waals surface area contributed by atoms with Gasteiger partial charge in [-0.1, -0.05) is 48.0 Å². The lowest BCUT2D eigenvalue weighted by atomic mass is 9.95. The third kappa shape index (κ3) is 3.00. The van der Waals surface area contributed by atoms with Crippen LogP contribution in [0, 0.1) is 0 Å². The molecule has 0 spiro atoms. The highest BCUT2D eigenvalue weighted by molar-refractivity contribution is 6.33. The molecule has 1 atom stereocenters. The molecule has 1 aliphatic carbocycles. The van der Waals surface area contributed by atoms with E-state index in [1.165, 1.54) is 0 Å². The Balaban J connectivity index is 1.83. The van der Waals surface area contributed by atoms with Crippen molar-refractivity contribution < 1.29 is 9.53 Å². The van der Waals surface area contributed by atoms with Gasteiger partial charge >= 0.3 is 0 Å². The second-order valence-electron chi connectivity index (χ2n) is 6.30. The van der Waals surface area contributed by atoms with Gasteiger partial charge in [-0.15, -0.1) is 0 Å². The van der Waals surface area contributed by atoms with E-state index in [0.717, 1.165) is 33.6 Å². The minimum atomic E-state index is -0.230. The molecule has 4 rings (SSSR count). The molecule has 0 amide bonds. The van der Waals surface area contributed by atoms with E-state index in [9.17, 15) is 4.79 Å². The largest absolute Gasteiger partial charge is 0.376 e. The van der Waals surface area contributed by atoms with Crippen LogP contribution in [0.2, 0.25) is 5.02 Å². The van der Waals surface area contributed by atoms with Gasteiger partial charge in [0.15, 0.2) is 5.78 Å². The molecular formula is C22H18ClNO2. The fourth-order valence-electron chi connectivity index (χ4n) is 3.43. The molecule has 1 aliphatic rings. The molecule has 0 aromatic heterocycles. The lowest BCUT2D eigenvalue weighted by Crippen LogP contribution is -2.07. The standard InChI is InChI=1S/C22H18ClNO2/c1-26-22-13-21(25)16-11-10-14(24-20-9-5-4-8-19(20)23)12-18(16)15-6-2-3-7-17(15)22/h2-12,22,24H,13H2,1H3. The van der Waals surface area contributed by atoms with E-state index < -0.39 is 0 Å². The number of hydrogen-bond acceptors (Lipinski definition) is 3. The first-order chi connectivity index (χ1) is 12.7. The van der Waals surface area contributed by atoms with Crippen molar-refractivity contribution in [1.29, 1.82) is 0 Å². The molecule has 3 aromatic carbocycles. The summed E-state index contributed by atoms with van der Waals surface area (Å²) in [5, 5.41) is 3.99. The lowest BCUT2D eigenvalue weighted by Gasteiger charge is -2.15. The van der Waals surface area contributed by atoms with Crippen LogP contribution in [0.4, 0.5) is 11.4 Å². The number of fused-ring (bicyclic) bond motifs is 3. The number of para-hydroxylation sites is 1. The third-order valence-electron chi connectivity index (χ3n) is 4.73. The Bertz CT molecular complexity index is 983. The van der Waals surface area contributed by atoms with Gasteiger partial charge in [0.25, 0.3) is 0 Å². The SMILES string of the molecule is COC1CC(=O)c2ccc(Nc3ccccc3Cl)cc2-c2ccccc21. The Kier molecular flexibility index (Phi) is 4.49. The number of rotatable bonds is 3. The zero-order valence-corrected chi connectivity index (χ0v) is 15.1. The van der Waals surface area contributed by atoms with Crippen LogP contribution in [-0.2, 0) is 4.74 Å². The summed E-state index contributed by atoms with van der Waals surface area (Å²) in [6, 6.07) is 21.4. The topological polar surface area (TPSA) is 38.3 Å². The molecular weight excluding hydrogens is 346 g/mol. The highest BCUT2D eigenvalue weighted by Gasteiger charge is 2.27. The van der Waals surface area contributed by atoms with Gasteiger partial charge in [0.1, 0.15) is 0 Å². The van der Waals surface area contributed by atoms with Gasteiger partial charge in [0, 0.05) is 24.8 Å². The van der Waals surface area contributed by atoms with Crippen LogP contribution >= 0.6 is 11.6 Å². The molecule has 0 aliphatic heterocycles. The van der Waals surface area contributed by atoms with Gasteiger partial charge in [-0.25, -0.2) is 0 Å². The van der Waals surface area contributed by atoms with Crippen molar-refractivity contribution in [1.82, 2.24) is 0 Å². The van der Waals surface area contributed by atoms with E-state index in [-0.39, 0.29) is 11.9 Å². The monoisotopic (exact) mass is 363 g/mol. The summed E-state index contributed by atoms with van der Waals surface area (Å²) < 4.78 is 5.59. The highest BCUT2D eigenvalue weighted by atomic mass is 35.5. The number of carbonyl (C=O) groups excluding carboxylic acids is 1. The van der Waals surface area contributed by atoms with Crippen LogP contribution in [0.3, 0.4) is 0 Å². The molecule has 130 valence electrons. The van der Waals surface area contributed by atoms with E-state index in [0.29, 0.717) is 11.4 Å². The average molecular weight is 364 g/mol. The second kappa shape index (κ2) is 6.94. The number of benzene rings is 3. The maximum atomic E-state index is 12.7. The highest BCUT2D eigenvalue weighted by Crippen LogP contribution is 2.40. The van der Waals surface area contributed by atoms with Crippen LogP contribution < -0.4 is 5.32 Å². The Hall–Kier alpha value is -2.62. The summed E-state index contributed by atoms with van der Waals surface area (Å²) >= 11 is 6.25. The van der Waals surface area contributed by atoms with Crippen LogP contribution in [0.25, 0.3) is 11.1 Å². The van der Waals surface area contributed by atoms with Crippen molar-refractivity contribution in [3.05, 3.63) is 82.9 Å². The summed E-state index contributed by atoms with van der Waals surface area (Å²) in [7, 11) is 1.65. The summed E-state index contributed by atoms with van der Waals surface area (Å²) in [5.41, 5.74) is 5.43. The predicted octanol–water partition coefficient (Wildman–Crippen LogP) is 6.02. The Labute approximate surface area is 157 Å². The smallest absolute Gasteiger partial charge is 0.166 e. The van der Waals surface area contributed by atoms with Crippen molar-refractivity contribution in [3.8, 4) is 11.1 Å². The second-order valence-corrected chi connectivity index (χ2v) is 6.71. The van der Waals surface area contributed by atoms with Gasteiger partial charge in [-0.3, -0.25) is 4.79 Å². The Morgan fingerprint density at radius 3 is 2.54 bits per heavy atom. The van der Waals surface area contributed by atoms with Crippen molar-refractivity contribution in [3.63, 3.8) is 0 Å². The summed E-state index contributed by atoms with van der Waals surface area (Å²) in [6.07, 6.45) is 0.115. The van der Waals surface area contributed by atoms with Crippen molar-refractivity contribution in [2.24, 2.45) is 0 Å². The van der Waals surface area contributed by atoms with E-state index in [1.54, 1.807) is 7.11 Å². The Morgan fingerprint density at radius 1 is 0.962 bits per heavy atom. The van der Waals surface area contributed by atoms with Crippen molar-refractivity contribution in [2.45, 2.75) is 12.5 Å². The first-order valence-corrected chi connectivity index (χ1v) is 8.86. The molecule has 0 saturated heterocycles. The zero-order valence-electron chi connectivity index (χ0n) is 14.3. The number of methoxy groups -OCH3 is 1. The number of nitrogens with one attached hydrogen (secondary N) is 1. The Morgan fingerprint density at radius 2 is 1.73 bits per heavy atom. The number of Topliss-reactive ketones (excluding diaryl/α,β-unsaturated/α-hetero) is 1. The summed E-state index contributed by atoms with van der Waals surface area (Å²) in [6.45, 7) is 0. The fraction of sp³-hybridized carbons (Fsp3) is 0.136. The summed E-state index contributed by atoms with van der Waals surface area (Å²) in [4.78, 5) is 12.7. The van der Waals surface area contributed by atoms with Crippen LogP contribution in [0.1, 0.15) is 28.4 Å². The number of ether oxygens (including phenoxy) is 1. The van der Waals surface area contributed by atoms with Crippen LogP contribution in [0.5, 0.6) is 0 Å². The van der Waals surface area contributed by atoms with Gasteiger partial charge in [-0.05, 0) is 47.0 Å². The van der Waals surface area contributed by atoms with E-state index in [1.807, 2.05) is 66.7 Å². The number of halogens is 1. The number of ketones is 1. The average Bonchev–Trinajstić information content (AvgIpc) is 2.79.